The number of nitro benzene ring substituents is 2. The van der Waals surface area contributed by atoms with E-state index < -0.39 is 21.2 Å². The number of hydrogen-bond acceptors (Lipinski definition) is 9. The Kier molecular flexibility index (Phi) is 5.49. The van der Waals surface area contributed by atoms with Gasteiger partial charge in [-0.2, -0.15) is 5.10 Å². The number of nitrogens with one attached hydrogen (secondary N) is 1. The van der Waals surface area contributed by atoms with E-state index in [9.17, 15) is 20.2 Å². The van der Waals surface area contributed by atoms with Crippen LogP contribution >= 0.6 is 11.3 Å². The van der Waals surface area contributed by atoms with Crippen LogP contribution in [0.1, 0.15) is 5.56 Å². The van der Waals surface area contributed by atoms with Gasteiger partial charge in [0.25, 0.3) is 5.69 Å². The number of fused-ring (bicyclic) bond motifs is 1. The molecule has 0 amide bonds. The van der Waals surface area contributed by atoms with E-state index in [1.165, 1.54) is 23.6 Å². The summed E-state index contributed by atoms with van der Waals surface area (Å²) in [5.74, 6) is 0.185. The fraction of sp³-hybridized carbons (Fsp3) is 0. The van der Waals surface area contributed by atoms with Crippen LogP contribution in [0.3, 0.4) is 0 Å². The first-order valence-corrected chi connectivity index (χ1v) is 9.67. The summed E-state index contributed by atoms with van der Waals surface area (Å²) in [5.41, 5.74) is 3.37. The molecule has 0 radical (unpaired) electrons. The van der Waals surface area contributed by atoms with Crippen molar-refractivity contribution in [1.82, 2.24) is 4.98 Å². The van der Waals surface area contributed by atoms with Crippen molar-refractivity contribution in [3.05, 3.63) is 92.5 Å². The molecule has 0 atom stereocenters. The second kappa shape index (κ2) is 8.55. The van der Waals surface area contributed by atoms with Crippen molar-refractivity contribution < 1.29 is 14.6 Å². The summed E-state index contributed by atoms with van der Waals surface area (Å²) in [6.45, 7) is 0. The lowest BCUT2D eigenvalue weighted by molar-refractivity contribution is -0.394. The molecular formula is C20H13N5O5S. The third-order valence-electron chi connectivity index (χ3n) is 4.15. The molecule has 4 rings (SSSR count). The van der Waals surface area contributed by atoms with Crippen molar-refractivity contribution in [3.63, 3.8) is 0 Å². The Balaban J connectivity index is 1.57. The van der Waals surface area contributed by atoms with Gasteiger partial charge in [-0.15, -0.1) is 0 Å². The summed E-state index contributed by atoms with van der Waals surface area (Å²) in [5, 5.41) is 27.0. The van der Waals surface area contributed by atoms with E-state index in [1.807, 2.05) is 24.3 Å². The lowest BCUT2D eigenvalue weighted by Crippen LogP contribution is -1.98. The first kappa shape index (κ1) is 19.9. The van der Waals surface area contributed by atoms with Crippen molar-refractivity contribution >= 4 is 44.3 Å². The topological polar surface area (TPSA) is 133 Å². The predicted molar refractivity (Wildman–Crippen MR) is 117 cm³/mol. The molecule has 0 aliphatic heterocycles. The van der Waals surface area contributed by atoms with Gasteiger partial charge in [0.2, 0.25) is 10.9 Å². The van der Waals surface area contributed by atoms with Crippen molar-refractivity contribution in [2.24, 2.45) is 5.10 Å². The zero-order valence-electron chi connectivity index (χ0n) is 15.7. The normalized spacial score (nSPS) is 11.0. The van der Waals surface area contributed by atoms with Crippen LogP contribution in [0.15, 0.2) is 71.8 Å². The molecule has 0 saturated carbocycles. The minimum absolute atomic E-state index is 0.115. The van der Waals surface area contributed by atoms with Gasteiger partial charge < -0.3 is 4.74 Å². The zero-order valence-corrected chi connectivity index (χ0v) is 16.5. The molecule has 3 aromatic carbocycles. The Morgan fingerprint density at radius 2 is 1.74 bits per heavy atom. The number of benzene rings is 3. The van der Waals surface area contributed by atoms with Crippen LogP contribution in [0.25, 0.3) is 10.2 Å². The van der Waals surface area contributed by atoms with E-state index in [4.69, 9.17) is 4.74 Å². The van der Waals surface area contributed by atoms with E-state index >= 15 is 0 Å². The molecule has 1 aromatic heterocycles. The van der Waals surface area contributed by atoms with Crippen LogP contribution in [0.5, 0.6) is 11.5 Å². The van der Waals surface area contributed by atoms with Crippen LogP contribution < -0.4 is 10.2 Å². The summed E-state index contributed by atoms with van der Waals surface area (Å²) in [7, 11) is 0. The molecule has 1 N–H and O–H groups in total. The number of non-ortho nitro benzene ring substituents is 1. The molecule has 0 aliphatic carbocycles. The van der Waals surface area contributed by atoms with Crippen LogP contribution in [-0.2, 0) is 0 Å². The van der Waals surface area contributed by atoms with Crippen molar-refractivity contribution in [2.45, 2.75) is 0 Å². The smallest absolute Gasteiger partial charge is 0.318 e. The molecule has 0 fully saturated rings. The standard InChI is InChI=1S/C20H13N5O5S/c26-24(27)14-9-10-18(16(11-14)25(28)29)30-17-7-3-1-5-13(17)12-21-23-20-22-15-6-2-4-8-19(15)31-20/h1-12H,(H,22,23)/b21-12-. The highest BCUT2D eigenvalue weighted by molar-refractivity contribution is 7.22. The molecule has 0 saturated heterocycles. The number of para-hydroxylation sites is 2. The number of rotatable bonds is 7. The van der Waals surface area contributed by atoms with E-state index in [2.05, 4.69) is 15.5 Å². The van der Waals surface area contributed by atoms with Crippen LogP contribution in [0, 0.1) is 20.2 Å². The van der Waals surface area contributed by atoms with Gasteiger partial charge in [-0.1, -0.05) is 35.6 Å². The van der Waals surface area contributed by atoms with Crippen molar-refractivity contribution in [1.29, 1.82) is 0 Å². The van der Waals surface area contributed by atoms with E-state index in [0.29, 0.717) is 16.4 Å². The fourth-order valence-electron chi connectivity index (χ4n) is 2.72. The molecule has 0 bridgehead atoms. The summed E-state index contributed by atoms with van der Waals surface area (Å²) in [6.07, 6.45) is 1.50. The Hall–Kier alpha value is -4.38. The Bertz CT molecular complexity index is 1290. The Morgan fingerprint density at radius 3 is 2.52 bits per heavy atom. The second-order valence-electron chi connectivity index (χ2n) is 6.16. The molecule has 10 nitrogen and oxygen atoms in total. The van der Waals surface area contributed by atoms with E-state index in [1.54, 1.807) is 24.3 Å². The summed E-state index contributed by atoms with van der Waals surface area (Å²) >= 11 is 1.45. The zero-order chi connectivity index (χ0) is 21.8. The minimum Gasteiger partial charge on any atom is -0.449 e. The third kappa shape index (κ3) is 4.46. The average molecular weight is 435 g/mol. The quantitative estimate of drug-likeness (QED) is 0.235. The van der Waals surface area contributed by atoms with Gasteiger partial charge in [0.15, 0.2) is 0 Å². The summed E-state index contributed by atoms with van der Waals surface area (Å²) in [4.78, 5) is 25.2. The van der Waals surface area contributed by atoms with Crippen LogP contribution in [0.2, 0.25) is 0 Å². The third-order valence-corrected chi connectivity index (χ3v) is 5.09. The first-order valence-electron chi connectivity index (χ1n) is 8.85. The SMILES string of the molecule is O=[N+]([O-])c1ccc(Oc2ccccc2/C=N\Nc2nc3ccccc3s2)c([N+](=O)[O-])c1. The summed E-state index contributed by atoms with van der Waals surface area (Å²) in [6, 6.07) is 17.7. The lowest BCUT2D eigenvalue weighted by Gasteiger charge is -2.08. The molecule has 0 unspecified atom stereocenters. The number of hydrazone groups is 1. The van der Waals surface area contributed by atoms with E-state index in [-0.39, 0.29) is 5.75 Å². The van der Waals surface area contributed by atoms with Gasteiger partial charge in [0.1, 0.15) is 5.75 Å². The molecule has 0 aliphatic rings. The van der Waals surface area contributed by atoms with Gasteiger partial charge in [0, 0.05) is 11.6 Å². The number of aromatic nitrogens is 1. The molecule has 4 aromatic rings. The van der Waals surface area contributed by atoms with Crippen LogP contribution in [-0.4, -0.2) is 21.0 Å². The number of thiazole rings is 1. The molecule has 154 valence electrons. The minimum atomic E-state index is -0.728. The molecule has 1 heterocycles. The largest absolute Gasteiger partial charge is 0.449 e. The molecule has 31 heavy (non-hydrogen) atoms. The highest BCUT2D eigenvalue weighted by atomic mass is 32.1. The first-order chi connectivity index (χ1) is 15.0. The Morgan fingerprint density at radius 1 is 0.968 bits per heavy atom. The number of hydrogen-bond donors (Lipinski definition) is 1. The average Bonchev–Trinajstić information content (AvgIpc) is 3.17. The monoisotopic (exact) mass is 435 g/mol. The van der Waals surface area contributed by atoms with Gasteiger partial charge in [-0.05, 0) is 30.3 Å². The van der Waals surface area contributed by atoms with Gasteiger partial charge in [-0.3, -0.25) is 25.7 Å². The number of anilines is 1. The number of nitrogens with zero attached hydrogens (tertiary/aromatic N) is 4. The van der Waals surface area contributed by atoms with Gasteiger partial charge in [0.05, 0.1) is 32.3 Å². The molecule has 0 spiro atoms. The van der Waals surface area contributed by atoms with Crippen LogP contribution in [0.4, 0.5) is 16.5 Å². The second-order valence-corrected chi connectivity index (χ2v) is 7.19. The van der Waals surface area contributed by atoms with E-state index in [0.717, 1.165) is 22.3 Å². The van der Waals surface area contributed by atoms with Gasteiger partial charge in [-0.25, -0.2) is 4.98 Å². The fourth-order valence-corrected chi connectivity index (χ4v) is 3.54. The predicted octanol–water partition coefficient (Wildman–Crippen LogP) is 5.35. The van der Waals surface area contributed by atoms with Crippen molar-refractivity contribution in [2.75, 3.05) is 5.43 Å². The molecular weight excluding hydrogens is 422 g/mol. The number of nitro groups is 2. The van der Waals surface area contributed by atoms with Gasteiger partial charge >= 0.3 is 5.69 Å². The number of ether oxygens (including phenoxy) is 1. The highest BCUT2D eigenvalue weighted by Crippen LogP contribution is 2.35. The summed E-state index contributed by atoms with van der Waals surface area (Å²) < 4.78 is 6.71. The maximum Gasteiger partial charge on any atom is 0.318 e. The van der Waals surface area contributed by atoms with Crippen molar-refractivity contribution in [3.8, 4) is 11.5 Å². The Labute approximate surface area is 178 Å². The maximum absolute atomic E-state index is 11.3. The maximum atomic E-state index is 11.3. The molecule has 11 heteroatoms. The highest BCUT2D eigenvalue weighted by Gasteiger charge is 2.21. The lowest BCUT2D eigenvalue weighted by atomic mass is 10.2.